The molecule has 2 aliphatic heterocycles. The number of pyridine rings is 1. The Labute approximate surface area is 179 Å². The van der Waals surface area contributed by atoms with E-state index in [0.717, 1.165) is 30.8 Å². The van der Waals surface area contributed by atoms with E-state index in [-0.39, 0.29) is 22.6 Å². The zero-order chi connectivity index (χ0) is 22.5. The summed E-state index contributed by atoms with van der Waals surface area (Å²) in [6.07, 6.45) is 2.91. The third-order valence-electron chi connectivity index (χ3n) is 4.65. The number of halogens is 3. The summed E-state index contributed by atoms with van der Waals surface area (Å²) in [4.78, 5) is 35.1. The molecule has 12 heteroatoms. The number of aromatic nitrogens is 3. The molecule has 0 aliphatic carbocycles. The van der Waals surface area contributed by atoms with Crippen LogP contribution in [0.5, 0.6) is 0 Å². The average molecular weight is 456 g/mol. The van der Waals surface area contributed by atoms with Crippen LogP contribution >= 0.6 is 11.8 Å². The molecular weight excluding hydrogens is 437 g/mol. The Kier molecular flexibility index (Phi) is 7.11. The highest BCUT2D eigenvalue weighted by molar-refractivity contribution is 8.01. The Morgan fingerprint density at radius 2 is 1.81 bits per heavy atom. The number of hydrogen-bond donors (Lipinski definition) is 1. The molecule has 0 aromatic carbocycles. The molecule has 4 heterocycles. The highest BCUT2D eigenvalue weighted by Crippen LogP contribution is 2.46. The number of carbonyl (C=O) groups is 2. The summed E-state index contributed by atoms with van der Waals surface area (Å²) in [5.41, 5.74) is 1.14. The van der Waals surface area contributed by atoms with E-state index in [1.165, 1.54) is 0 Å². The molecule has 1 amide bonds. The first-order valence-electron chi connectivity index (χ1n) is 9.19. The first-order valence-corrected chi connectivity index (χ1v) is 10.2. The Morgan fingerprint density at radius 1 is 1.19 bits per heavy atom. The van der Waals surface area contributed by atoms with Crippen LogP contribution in [0.1, 0.15) is 22.6 Å². The fourth-order valence-corrected chi connectivity index (χ4v) is 4.72. The predicted molar refractivity (Wildman–Crippen MR) is 104 cm³/mol. The molecule has 2 aromatic heterocycles. The fraction of sp³-hybridized carbons (Fsp3) is 0.421. The minimum Gasteiger partial charge on any atom is -0.475 e. The van der Waals surface area contributed by atoms with Crippen LogP contribution in [-0.4, -0.2) is 72.7 Å². The molecule has 4 rings (SSSR count). The standard InChI is InChI=1S/C17H18N4O2S.C2HF3O2/c22-16(15-19-4-1-5-20-15)21-11-17(12-21)8-14(10-24-17)23-9-13-2-6-18-7-3-13;3-2(4,5)1(6)7/h1-7,14H,8-12H2;(H,6,7). The van der Waals surface area contributed by atoms with Crippen LogP contribution in [0.3, 0.4) is 0 Å². The summed E-state index contributed by atoms with van der Waals surface area (Å²) in [6.45, 7) is 2.12. The maximum Gasteiger partial charge on any atom is 0.490 e. The second-order valence-corrected chi connectivity index (χ2v) is 8.51. The second kappa shape index (κ2) is 9.60. The van der Waals surface area contributed by atoms with Crippen molar-refractivity contribution in [3.8, 4) is 0 Å². The minimum absolute atomic E-state index is 0.0806. The molecule has 1 atom stereocenters. The molecule has 31 heavy (non-hydrogen) atoms. The lowest BCUT2D eigenvalue weighted by molar-refractivity contribution is -0.192. The molecule has 1 spiro atoms. The summed E-state index contributed by atoms with van der Waals surface area (Å²) >= 11 is 1.92. The number of carboxylic acid groups (broad SMARTS) is 1. The average Bonchev–Trinajstić information content (AvgIpc) is 3.17. The predicted octanol–water partition coefficient (Wildman–Crippen LogP) is 2.42. The lowest BCUT2D eigenvalue weighted by Crippen LogP contribution is -2.61. The van der Waals surface area contributed by atoms with Gasteiger partial charge in [0, 0.05) is 43.6 Å². The van der Waals surface area contributed by atoms with E-state index < -0.39 is 12.1 Å². The Balaban J connectivity index is 0.000000339. The molecule has 2 aromatic rings. The van der Waals surface area contributed by atoms with Gasteiger partial charge in [0.15, 0.2) is 0 Å². The zero-order valence-electron chi connectivity index (χ0n) is 16.2. The van der Waals surface area contributed by atoms with E-state index in [0.29, 0.717) is 6.61 Å². The molecule has 0 radical (unpaired) electrons. The van der Waals surface area contributed by atoms with Crippen LogP contribution in [0.4, 0.5) is 13.2 Å². The van der Waals surface area contributed by atoms with Crippen molar-refractivity contribution in [3.05, 3.63) is 54.4 Å². The van der Waals surface area contributed by atoms with Gasteiger partial charge in [0.25, 0.3) is 5.91 Å². The van der Waals surface area contributed by atoms with Gasteiger partial charge in [-0.05, 0) is 30.2 Å². The SMILES string of the molecule is O=C(O)C(F)(F)F.O=C(c1ncccn1)N1CC2(CC(OCc3ccncc3)CS2)C1. The number of likely N-dealkylation sites (tertiary alicyclic amines) is 1. The summed E-state index contributed by atoms with van der Waals surface area (Å²) in [5.74, 6) is -1.58. The lowest BCUT2D eigenvalue weighted by Gasteiger charge is -2.47. The topological polar surface area (TPSA) is 106 Å². The van der Waals surface area contributed by atoms with Crippen molar-refractivity contribution in [2.24, 2.45) is 0 Å². The second-order valence-electron chi connectivity index (χ2n) is 7.02. The van der Waals surface area contributed by atoms with Crippen molar-refractivity contribution in [2.45, 2.75) is 30.1 Å². The summed E-state index contributed by atoms with van der Waals surface area (Å²) in [5, 5.41) is 7.12. The summed E-state index contributed by atoms with van der Waals surface area (Å²) in [6, 6.07) is 5.66. The van der Waals surface area contributed by atoms with Crippen LogP contribution < -0.4 is 0 Å². The highest BCUT2D eigenvalue weighted by atomic mass is 32.2. The van der Waals surface area contributed by atoms with E-state index in [1.54, 1.807) is 30.9 Å². The van der Waals surface area contributed by atoms with Crippen LogP contribution in [0.2, 0.25) is 0 Å². The van der Waals surface area contributed by atoms with Gasteiger partial charge in [-0.25, -0.2) is 14.8 Å². The van der Waals surface area contributed by atoms with Crippen molar-refractivity contribution in [1.82, 2.24) is 19.9 Å². The van der Waals surface area contributed by atoms with Gasteiger partial charge in [0.2, 0.25) is 5.82 Å². The zero-order valence-corrected chi connectivity index (χ0v) is 17.0. The van der Waals surface area contributed by atoms with Crippen molar-refractivity contribution in [1.29, 1.82) is 0 Å². The number of nitrogens with zero attached hydrogens (tertiary/aromatic N) is 4. The Morgan fingerprint density at radius 3 is 2.39 bits per heavy atom. The van der Waals surface area contributed by atoms with E-state index >= 15 is 0 Å². The molecule has 1 unspecified atom stereocenters. The first kappa shape index (κ1) is 22.9. The van der Waals surface area contributed by atoms with Crippen molar-refractivity contribution in [2.75, 3.05) is 18.8 Å². The maximum atomic E-state index is 12.3. The van der Waals surface area contributed by atoms with Crippen molar-refractivity contribution in [3.63, 3.8) is 0 Å². The largest absolute Gasteiger partial charge is 0.490 e. The first-order chi connectivity index (χ1) is 14.7. The normalized spacial score (nSPS) is 19.3. The van der Waals surface area contributed by atoms with Crippen LogP contribution in [0.15, 0.2) is 43.0 Å². The molecular formula is C19H19F3N4O4S. The van der Waals surface area contributed by atoms with Gasteiger partial charge >= 0.3 is 12.1 Å². The van der Waals surface area contributed by atoms with Gasteiger partial charge in [-0.3, -0.25) is 9.78 Å². The third kappa shape index (κ3) is 6.14. The van der Waals surface area contributed by atoms with Crippen molar-refractivity contribution < 1.29 is 32.6 Å². The maximum absolute atomic E-state index is 12.3. The molecule has 8 nitrogen and oxygen atoms in total. The number of thioether (sulfide) groups is 1. The van der Waals surface area contributed by atoms with Gasteiger partial charge in [-0.2, -0.15) is 13.2 Å². The Hall–Kier alpha value is -2.73. The Bertz CT molecular complexity index is 896. The van der Waals surface area contributed by atoms with E-state index in [9.17, 15) is 18.0 Å². The van der Waals surface area contributed by atoms with Crippen molar-refractivity contribution >= 4 is 23.6 Å². The molecule has 0 bridgehead atoms. The van der Waals surface area contributed by atoms with Crippen LogP contribution in [-0.2, 0) is 16.1 Å². The van der Waals surface area contributed by atoms with Crippen LogP contribution in [0, 0.1) is 0 Å². The molecule has 2 saturated heterocycles. The minimum atomic E-state index is -5.08. The number of aliphatic carboxylic acids is 1. The summed E-state index contributed by atoms with van der Waals surface area (Å²) in [7, 11) is 0. The number of ether oxygens (including phenoxy) is 1. The number of hydrogen-bond acceptors (Lipinski definition) is 7. The van der Waals surface area contributed by atoms with Crippen LogP contribution in [0.25, 0.3) is 0 Å². The highest BCUT2D eigenvalue weighted by Gasteiger charge is 2.51. The molecule has 2 fully saturated rings. The smallest absolute Gasteiger partial charge is 0.475 e. The van der Waals surface area contributed by atoms with Gasteiger partial charge in [0.05, 0.1) is 17.5 Å². The quantitative estimate of drug-likeness (QED) is 0.748. The molecule has 1 N–H and O–H groups in total. The molecule has 0 saturated carbocycles. The van der Waals surface area contributed by atoms with E-state index in [4.69, 9.17) is 14.6 Å². The number of alkyl halides is 3. The van der Waals surface area contributed by atoms with Gasteiger partial charge in [0.1, 0.15) is 0 Å². The fourth-order valence-electron chi connectivity index (χ4n) is 3.17. The number of rotatable bonds is 4. The number of carboxylic acids is 1. The van der Waals surface area contributed by atoms with Gasteiger partial charge in [-0.1, -0.05) is 0 Å². The number of carbonyl (C=O) groups excluding carboxylic acids is 1. The third-order valence-corrected chi connectivity index (χ3v) is 6.23. The van der Waals surface area contributed by atoms with E-state index in [1.807, 2.05) is 28.8 Å². The number of amides is 1. The van der Waals surface area contributed by atoms with Gasteiger partial charge in [-0.15, -0.1) is 11.8 Å². The molecule has 166 valence electrons. The van der Waals surface area contributed by atoms with E-state index in [2.05, 4.69) is 15.0 Å². The molecule has 2 aliphatic rings. The lowest BCUT2D eigenvalue weighted by atomic mass is 9.93. The summed E-state index contributed by atoms with van der Waals surface area (Å²) < 4.78 is 37.9. The van der Waals surface area contributed by atoms with Gasteiger partial charge < -0.3 is 14.7 Å². The monoisotopic (exact) mass is 456 g/mol.